The summed E-state index contributed by atoms with van der Waals surface area (Å²) in [4.78, 5) is 29.0. The van der Waals surface area contributed by atoms with E-state index in [1.807, 2.05) is 17.5 Å². The summed E-state index contributed by atoms with van der Waals surface area (Å²) in [5, 5.41) is 2.68. The molecule has 0 spiro atoms. The molecule has 0 saturated carbocycles. The van der Waals surface area contributed by atoms with Gasteiger partial charge < -0.3 is 9.80 Å². The highest BCUT2D eigenvalue weighted by molar-refractivity contribution is 7.12. The van der Waals surface area contributed by atoms with Crippen LogP contribution in [0.2, 0.25) is 10.0 Å². The van der Waals surface area contributed by atoms with Gasteiger partial charge in [0.25, 0.3) is 11.8 Å². The molecule has 1 aromatic carbocycles. The first-order valence-corrected chi connectivity index (χ1v) is 8.77. The molecule has 1 fully saturated rings. The molecule has 3 rings (SSSR count). The second-order valence-corrected chi connectivity index (χ2v) is 6.95. The lowest BCUT2D eigenvalue weighted by Crippen LogP contribution is -2.50. The van der Waals surface area contributed by atoms with Crippen molar-refractivity contribution in [2.75, 3.05) is 26.2 Å². The fourth-order valence-electron chi connectivity index (χ4n) is 2.48. The minimum Gasteiger partial charge on any atom is -0.335 e. The quantitative estimate of drug-likeness (QED) is 0.811. The number of carbonyl (C=O) groups excluding carboxylic acids is 2. The summed E-state index contributed by atoms with van der Waals surface area (Å²) in [5.41, 5.74) is 0.512. The molecule has 1 aliphatic heterocycles. The Balaban J connectivity index is 1.63. The van der Waals surface area contributed by atoms with Gasteiger partial charge in [-0.1, -0.05) is 29.3 Å². The third-order valence-corrected chi connectivity index (χ3v) is 5.35. The Labute approximate surface area is 148 Å². The maximum Gasteiger partial charge on any atom is 0.264 e. The monoisotopic (exact) mass is 368 g/mol. The number of thiophene rings is 1. The van der Waals surface area contributed by atoms with Gasteiger partial charge in [-0.25, -0.2) is 0 Å². The van der Waals surface area contributed by atoms with Crippen molar-refractivity contribution in [2.24, 2.45) is 0 Å². The Hall–Kier alpha value is -1.56. The van der Waals surface area contributed by atoms with Crippen LogP contribution in [0, 0.1) is 0 Å². The highest BCUT2D eigenvalue weighted by atomic mass is 35.5. The maximum absolute atomic E-state index is 12.5. The van der Waals surface area contributed by atoms with Crippen molar-refractivity contribution >= 4 is 46.4 Å². The highest BCUT2D eigenvalue weighted by Gasteiger charge is 2.26. The first kappa shape index (κ1) is 16.3. The van der Waals surface area contributed by atoms with Crippen LogP contribution in [0.3, 0.4) is 0 Å². The van der Waals surface area contributed by atoms with E-state index in [0.29, 0.717) is 41.8 Å². The molecular formula is C16H14Cl2N2O2S. The average molecular weight is 369 g/mol. The van der Waals surface area contributed by atoms with Gasteiger partial charge in [0.1, 0.15) is 0 Å². The third kappa shape index (κ3) is 3.52. The van der Waals surface area contributed by atoms with Crippen molar-refractivity contribution in [1.29, 1.82) is 0 Å². The van der Waals surface area contributed by atoms with Crippen LogP contribution in [-0.4, -0.2) is 47.8 Å². The van der Waals surface area contributed by atoms with E-state index in [1.165, 1.54) is 11.3 Å². The Bertz CT molecular complexity index is 726. The van der Waals surface area contributed by atoms with Gasteiger partial charge >= 0.3 is 0 Å². The number of rotatable bonds is 2. The van der Waals surface area contributed by atoms with Crippen molar-refractivity contribution < 1.29 is 9.59 Å². The van der Waals surface area contributed by atoms with Crippen molar-refractivity contribution in [1.82, 2.24) is 9.80 Å². The highest BCUT2D eigenvalue weighted by Crippen LogP contribution is 2.23. The zero-order chi connectivity index (χ0) is 16.4. The van der Waals surface area contributed by atoms with Gasteiger partial charge in [-0.3, -0.25) is 9.59 Å². The molecule has 0 unspecified atom stereocenters. The fraction of sp³-hybridized carbons (Fsp3) is 0.250. The van der Waals surface area contributed by atoms with Gasteiger partial charge in [0.05, 0.1) is 14.9 Å². The molecule has 0 bridgehead atoms. The first-order chi connectivity index (χ1) is 11.1. The topological polar surface area (TPSA) is 40.6 Å². The molecule has 23 heavy (non-hydrogen) atoms. The number of carbonyl (C=O) groups is 2. The molecular weight excluding hydrogens is 355 g/mol. The summed E-state index contributed by atoms with van der Waals surface area (Å²) in [7, 11) is 0. The van der Waals surface area contributed by atoms with Gasteiger partial charge in [0.15, 0.2) is 0 Å². The molecule has 7 heteroatoms. The van der Waals surface area contributed by atoms with E-state index in [1.54, 1.807) is 28.0 Å². The normalized spacial score (nSPS) is 14.9. The molecule has 2 amide bonds. The molecule has 1 saturated heterocycles. The molecule has 1 aliphatic rings. The van der Waals surface area contributed by atoms with E-state index in [4.69, 9.17) is 23.2 Å². The lowest BCUT2D eigenvalue weighted by Gasteiger charge is -2.34. The Morgan fingerprint density at radius 1 is 0.913 bits per heavy atom. The summed E-state index contributed by atoms with van der Waals surface area (Å²) >= 11 is 13.3. The number of piperazine rings is 1. The van der Waals surface area contributed by atoms with Crippen molar-refractivity contribution in [3.63, 3.8) is 0 Å². The first-order valence-electron chi connectivity index (χ1n) is 7.13. The van der Waals surface area contributed by atoms with Crippen LogP contribution in [0.15, 0.2) is 35.7 Å². The van der Waals surface area contributed by atoms with Crippen LogP contribution in [0.1, 0.15) is 20.0 Å². The Kier molecular flexibility index (Phi) is 4.90. The molecule has 0 radical (unpaired) electrons. The number of hydrogen-bond donors (Lipinski definition) is 0. The second kappa shape index (κ2) is 6.91. The molecule has 0 N–H and O–H groups in total. The molecule has 0 aliphatic carbocycles. The number of amides is 2. The lowest BCUT2D eigenvalue weighted by atomic mass is 10.2. The largest absolute Gasteiger partial charge is 0.335 e. The van der Waals surface area contributed by atoms with E-state index in [-0.39, 0.29) is 11.8 Å². The average Bonchev–Trinajstić information content (AvgIpc) is 3.11. The summed E-state index contributed by atoms with van der Waals surface area (Å²) in [5.74, 6) is -0.0616. The molecule has 120 valence electrons. The van der Waals surface area contributed by atoms with Gasteiger partial charge in [-0.15, -0.1) is 11.3 Å². The summed E-state index contributed by atoms with van der Waals surface area (Å²) in [6, 6.07) is 8.55. The van der Waals surface area contributed by atoms with Crippen molar-refractivity contribution in [2.45, 2.75) is 0 Å². The van der Waals surface area contributed by atoms with Crippen molar-refractivity contribution in [3.8, 4) is 0 Å². The minimum atomic E-state index is -0.0909. The smallest absolute Gasteiger partial charge is 0.264 e. The number of benzene rings is 1. The Morgan fingerprint density at radius 3 is 2.13 bits per heavy atom. The number of hydrogen-bond acceptors (Lipinski definition) is 3. The van der Waals surface area contributed by atoms with Crippen LogP contribution in [0.5, 0.6) is 0 Å². The summed E-state index contributed by atoms with van der Waals surface area (Å²) in [6.45, 7) is 2.08. The second-order valence-electron chi connectivity index (χ2n) is 5.19. The predicted octanol–water partition coefficient (Wildman–Crippen LogP) is 3.65. The van der Waals surface area contributed by atoms with E-state index >= 15 is 0 Å². The van der Waals surface area contributed by atoms with Gasteiger partial charge in [-0.05, 0) is 29.6 Å². The zero-order valence-corrected chi connectivity index (χ0v) is 14.5. The van der Waals surface area contributed by atoms with Gasteiger partial charge in [0, 0.05) is 31.7 Å². The fourth-order valence-corrected chi connectivity index (χ4v) is 3.47. The van der Waals surface area contributed by atoms with Crippen LogP contribution in [0.25, 0.3) is 0 Å². The SMILES string of the molecule is O=C(c1ccc(Cl)c(Cl)c1)N1CCN(C(=O)c2cccs2)CC1. The van der Waals surface area contributed by atoms with Gasteiger partial charge in [0.2, 0.25) is 0 Å². The molecule has 2 aromatic rings. The third-order valence-electron chi connectivity index (χ3n) is 3.75. The van der Waals surface area contributed by atoms with Crippen LogP contribution < -0.4 is 0 Å². The van der Waals surface area contributed by atoms with Gasteiger partial charge in [-0.2, -0.15) is 0 Å². The molecule has 2 heterocycles. The molecule has 0 atom stereocenters. The zero-order valence-electron chi connectivity index (χ0n) is 12.2. The Morgan fingerprint density at radius 2 is 1.57 bits per heavy atom. The van der Waals surface area contributed by atoms with E-state index in [9.17, 15) is 9.59 Å². The van der Waals surface area contributed by atoms with Crippen molar-refractivity contribution in [3.05, 3.63) is 56.2 Å². The van der Waals surface area contributed by atoms with E-state index in [2.05, 4.69) is 0 Å². The van der Waals surface area contributed by atoms with Crippen LogP contribution >= 0.6 is 34.5 Å². The standard InChI is InChI=1S/C16H14Cl2N2O2S/c17-12-4-3-11(10-13(12)18)15(21)19-5-7-20(8-6-19)16(22)14-2-1-9-23-14/h1-4,9-10H,5-8H2. The maximum atomic E-state index is 12.5. The lowest BCUT2D eigenvalue weighted by molar-refractivity contribution is 0.0538. The predicted molar refractivity (Wildman–Crippen MR) is 92.6 cm³/mol. The van der Waals surface area contributed by atoms with Crippen LogP contribution in [-0.2, 0) is 0 Å². The summed E-state index contributed by atoms with van der Waals surface area (Å²) in [6.07, 6.45) is 0. The number of halogens is 2. The summed E-state index contributed by atoms with van der Waals surface area (Å²) < 4.78 is 0. The molecule has 1 aromatic heterocycles. The minimum absolute atomic E-state index is 0.0293. The van der Waals surface area contributed by atoms with Crippen LogP contribution in [0.4, 0.5) is 0 Å². The molecule has 4 nitrogen and oxygen atoms in total. The van der Waals surface area contributed by atoms with E-state index < -0.39 is 0 Å². The van der Waals surface area contributed by atoms with E-state index in [0.717, 1.165) is 4.88 Å². The number of nitrogens with zero attached hydrogens (tertiary/aromatic N) is 2.